The minimum absolute atomic E-state index is 0.0609. The number of para-hydroxylation sites is 1. The number of rotatable bonds is 4. The summed E-state index contributed by atoms with van der Waals surface area (Å²) in [5.41, 5.74) is 1.87. The molecule has 1 aliphatic rings. The summed E-state index contributed by atoms with van der Waals surface area (Å²) in [4.78, 5) is 50.5. The minimum Gasteiger partial charge on any atom is -0.322 e. The van der Waals surface area contributed by atoms with Gasteiger partial charge in [-0.2, -0.15) is 0 Å². The Morgan fingerprint density at radius 2 is 1.65 bits per heavy atom. The molecule has 0 spiro atoms. The van der Waals surface area contributed by atoms with E-state index in [-0.39, 0.29) is 22.4 Å². The van der Waals surface area contributed by atoms with Gasteiger partial charge in [0, 0.05) is 11.8 Å². The minimum atomic E-state index is -0.834. The van der Waals surface area contributed by atoms with Crippen LogP contribution in [-0.4, -0.2) is 22.6 Å². The van der Waals surface area contributed by atoms with Gasteiger partial charge in [0.1, 0.15) is 5.56 Å². The lowest BCUT2D eigenvalue weighted by Gasteiger charge is -2.18. The van der Waals surface area contributed by atoms with Gasteiger partial charge in [0.05, 0.1) is 21.7 Å². The molecule has 0 aromatic heterocycles. The summed E-state index contributed by atoms with van der Waals surface area (Å²) in [5, 5.41) is 14.2. The topological polar surface area (TPSA) is 110 Å². The Hall–Kier alpha value is -4.33. The third-order valence-corrected chi connectivity index (χ3v) is 5.33. The van der Waals surface area contributed by atoms with Crippen molar-refractivity contribution in [3.8, 4) is 0 Å². The number of hydrogen-bond acceptors (Lipinski definition) is 5. The van der Waals surface area contributed by atoms with Crippen molar-refractivity contribution in [2.45, 2.75) is 13.8 Å². The lowest BCUT2D eigenvalue weighted by atomic mass is 10.1. The molecule has 31 heavy (non-hydrogen) atoms. The SMILES string of the molecule is Cc1cccc(NC(=O)c2ccccc2N2C(=O)c3cccc([N+](=O)[O-])c3C2=O)c1C. The molecule has 4 rings (SSSR count). The second kappa shape index (κ2) is 7.49. The highest BCUT2D eigenvalue weighted by atomic mass is 16.6. The number of carbonyl (C=O) groups excluding carboxylic acids is 3. The van der Waals surface area contributed by atoms with Gasteiger partial charge in [-0.05, 0) is 49.2 Å². The van der Waals surface area contributed by atoms with Crippen LogP contribution in [0.2, 0.25) is 0 Å². The van der Waals surface area contributed by atoms with Gasteiger partial charge in [-0.3, -0.25) is 24.5 Å². The molecular formula is C23H17N3O5. The molecule has 0 atom stereocenters. The van der Waals surface area contributed by atoms with E-state index < -0.39 is 28.3 Å². The van der Waals surface area contributed by atoms with E-state index in [1.807, 2.05) is 26.0 Å². The highest BCUT2D eigenvalue weighted by Gasteiger charge is 2.42. The Balaban J connectivity index is 1.76. The van der Waals surface area contributed by atoms with Gasteiger partial charge < -0.3 is 5.32 Å². The zero-order valence-corrected chi connectivity index (χ0v) is 16.7. The summed E-state index contributed by atoms with van der Waals surface area (Å²) < 4.78 is 0. The summed E-state index contributed by atoms with van der Waals surface area (Å²) in [6, 6.07) is 15.5. The van der Waals surface area contributed by atoms with Crippen molar-refractivity contribution in [2.75, 3.05) is 10.2 Å². The zero-order valence-electron chi connectivity index (χ0n) is 16.7. The van der Waals surface area contributed by atoms with Gasteiger partial charge in [-0.15, -0.1) is 0 Å². The van der Waals surface area contributed by atoms with Crippen molar-refractivity contribution in [1.82, 2.24) is 0 Å². The van der Waals surface area contributed by atoms with E-state index in [1.54, 1.807) is 18.2 Å². The highest BCUT2D eigenvalue weighted by Crippen LogP contribution is 2.35. The molecule has 1 aliphatic heterocycles. The van der Waals surface area contributed by atoms with Crippen molar-refractivity contribution in [2.24, 2.45) is 0 Å². The monoisotopic (exact) mass is 415 g/mol. The van der Waals surface area contributed by atoms with Gasteiger partial charge >= 0.3 is 0 Å². The first-order valence-corrected chi connectivity index (χ1v) is 9.44. The Morgan fingerprint density at radius 1 is 0.935 bits per heavy atom. The normalized spacial score (nSPS) is 12.6. The van der Waals surface area contributed by atoms with Crippen LogP contribution >= 0.6 is 0 Å². The van der Waals surface area contributed by atoms with Crippen LogP contribution in [0.3, 0.4) is 0 Å². The fourth-order valence-electron chi connectivity index (χ4n) is 3.58. The van der Waals surface area contributed by atoms with Gasteiger partial charge in [-0.1, -0.05) is 30.3 Å². The standard InChI is InChI=1S/C23H17N3O5/c1-13-7-5-10-17(14(13)2)24-21(27)15-8-3-4-11-18(15)25-22(28)16-9-6-12-19(26(30)31)20(16)23(25)29/h3-12H,1-2H3,(H,24,27). The van der Waals surface area contributed by atoms with E-state index in [0.717, 1.165) is 16.0 Å². The van der Waals surface area contributed by atoms with Crippen molar-refractivity contribution in [1.29, 1.82) is 0 Å². The third kappa shape index (κ3) is 3.24. The molecule has 0 saturated carbocycles. The molecule has 3 aromatic rings. The molecule has 0 radical (unpaired) electrons. The first-order chi connectivity index (χ1) is 14.8. The van der Waals surface area contributed by atoms with E-state index in [9.17, 15) is 24.5 Å². The number of nitro groups is 1. The van der Waals surface area contributed by atoms with E-state index in [4.69, 9.17) is 0 Å². The smallest absolute Gasteiger partial charge is 0.283 e. The molecule has 0 aliphatic carbocycles. The quantitative estimate of drug-likeness (QED) is 0.389. The molecule has 1 N–H and O–H groups in total. The Morgan fingerprint density at radius 3 is 2.39 bits per heavy atom. The highest BCUT2D eigenvalue weighted by molar-refractivity contribution is 6.36. The van der Waals surface area contributed by atoms with Crippen molar-refractivity contribution >= 4 is 34.8 Å². The molecule has 0 saturated heterocycles. The number of aryl methyl sites for hydroxylation is 1. The molecule has 3 amide bonds. The summed E-state index contributed by atoms with van der Waals surface area (Å²) in [6.07, 6.45) is 0. The zero-order chi connectivity index (χ0) is 22.3. The van der Waals surface area contributed by atoms with Crippen LogP contribution in [0.1, 0.15) is 42.2 Å². The molecule has 3 aromatic carbocycles. The lowest BCUT2D eigenvalue weighted by Crippen LogP contribution is -2.31. The van der Waals surface area contributed by atoms with Crippen LogP contribution in [0.25, 0.3) is 0 Å². The largest absolute Gasteiger partial charge is 0.322 e. The molecule has 1 heterocycles. The number of anilines is 2. The molecule has 154 valence electrons. The fourth-order valence-corrected chi connectivity index (χ4v) is 3.58. The van der Waals surface area contributed by atoms with Crippen molar-refractivity contribution < 1.29 is 19.3 Å². The predicted molar refractivity (Wildman–Crippen MR) is 115 cm³/mol. The number of imide groups is 1. The summed E-state index contributed by atoms with van der Waals surface area (Å²) >= 11 is 0. The maximum absolute atomic E-state index is 13.0. The number of nitrogens with zero attached hydrogens (tertiary/aromatic N) is 2. The maximum atomic E-state index is 13.0. The average Bonchev–Trinajstić information content (AvgIpc) is 3.01. The van der Waals surface area contributed by atoms with Crippen LogP contribution in [0, 0.1) is 24.0 Å². The predicted octanol–water partition coefficient (Wildman–Crippen LogP) is 4.26. The first-order valence-electron chi connectivity index (χ1n) is 9.44. The molecular weight excluding hydrogens is 398 g/mol. The number of hydrogen-bond donors (Lipinski definition) is 1. The van der Waals surface area contributed by atoms with E-state index in [2.05, 4.69) is 5.32 Å². The number of benzene rings is 3. The molecule has 0 fully saturated rings. The van der Waals surface area contributed by atoms with Gasteiger partial charge in [0.15, 0.2) is 0 Å². The summed E-state index contributed by atoms with van der Waals surface area (Å²) in [6.45, 7) is 3.80. The summed E-state index contributed by atoms with van der Waals surface area (Å²) in [5.74, 6) is -2.05. The number of amides is 3. The number of nitro benzene ring substituents is 1. The maximum Gasteiger partial charge on any atom is 0.283 e. The van der Waals surface area contributed by atoms with Crippen molar-refractivity contribution in [3.63, 3.8) is 0 Å². The van der Waals surface area contributed by atoms with Gasteiger partial charge in [-0.25, -0.2) is 4.90 Å². The number of nitrogens with one attached hydrogen (secondary N) is 1. The Bertz CT molecular complexity index is 1280. The van der Waals surface area contributed by atoms with E-state index in [0.29, 0.717) is 5.69 Å². The van der Waals surface area contributed by atoms with Crippen LogP contribution < -0.4 is 10.2 Å². The molecule has 0 unspecified atom stereocenters. The average molecular weight is 415 g/mol. The van der Waals surface area contributed by atoms with Crippen molar-refractivity contribution in [3.05, 3.63) is 98.6 Å². The fraction of sp³-hybridized carbons (Fsp3) is 0.0870. The molecule has 8 heteroatoms. The summed E-state index contributed by atoms with van der Waals surface area (Å²) in [7, 11) is 0. The molecule has 0 bridgehead atoms. The Kier molecular flexibility index (Phi) is 4.82. The van der Waals surface area contributed by atoms with Crippen LogP contribution in [0.15, 0.2) is 60.7 Å². The first kappa shape index (κ1) is 20.0. The second-order valence-corrected chi connectivity index (χ2v) is 7.12. The van der Waals surface area contributed by atoms with Crippen LogP contribution in [0.4, 0.5) is 17.1 Å². The third-order valence-electron chi connectivity index (χ3n) is 5.33. The van der Waals surface area contributed by atoms with Gasteiger partial charge in [0.2, 0.25) is 0 Å². The van der Waals surface area contributed by atoms with E-state index in [1.165, 1.54) is 30.3 Å². The lowest BCUT2D eigenvalue weighted by molar-refractivity contribution is -0.385. The number of carbonyl (C=O) groups is 3. The number of fused-ring (bicyclic) bond motifs is 1. The van der Waals surface area contributed by atoms with E-state index >= 15 is 0 Å². The molecule has 8 nitrogen and oxygen atoms in total. The Labute approximate surface area is 177 Å². The second-order valence-electron chi connectivity index (χ2n) is 7.12. The van der Waals surface area contributed by atoms with Crippen LogP contribution in [-0.2, 0) is 0 Å². The van der Waals surface area contributed by atoms with Gasteiger partial charge in [0.25, 0.3) is 23.4 Å². The van der Waals surface area contributed by atoms with Crippen LogP contribution in [0.5, 0.6) is 0 Å².